The third-order valence-corrected chi connectivity index (χ3v) is 2.75. The lowest BCUT2D eigenvalue weighted by atomic mass is 10.0. The van der Waals surface area contributed by atoms with Crippen LogP contribution in [0.3, 0.4) is 0 Å². The molecule has 0 radical (unpaired) electrons. The van der Waals surface area contributed by atoms with Crippen molar-refractivity contribution in [2.45, 2.75) is 19.4 Å². The van der Waals surface area contributed by atoms with Crippen LogP contribution in [-0.4, -0.2) is 34.5 Å². The zero-order valence-corrected chi connectivity index (χ0v) is 8.05. The van der Waals surface area contributed by atoms with Gasteiger partial charge in [0.2, 0.25) is 0 Å². The minimum Gasteiger partial charge on any atom is -0.394 e. The molecule has 0 spiro atoms. The Morgan fingerprint density at radius 2 is 2.43 bits per heavy atom. The number of nitrogens with zero attached hydrogens (tertiary/aromatic N) is 3. The van der Waals surface area contributed by atoms with Crippen LogP contribution in [0.2, 0.25) is 0 Å². The van der Waals surface area contributed by atoms with Crippen LogP contribution in [0.25, 0.3) is 0 Å². The number of aliphatic hydroxyl groups is 1. The van der Waals surface area contributed by atoms with Crippen LogP contribution in [0.15, 0.2) is 4.42 Å². The first-order valence-electron chi connectivity index (χ1n) is 4.69. The molecule has 0 aliphatic carbocycles. The Labute approximate surface area is 81.7 Å². The summed E-state index contributed by atoms with van der Waals surface area (Å²) in [5.41, 5.74) is 5.34. The molecule has 78 valence electrons. The molecule has 2 heterocycles. The molecule has 1 aromatic heterocycles. The molecular formula is C8H14N4O2. The molecule has 2 unspecified atom stereocenters. The second-order valence-corrected chi connectivity index (χ2v) is 3.63. The summed E-state index contributed by atoms with van der Waals surface area (Å²) in [7, 11) is 0. The van der Waals surface area contributed by atoms with E-state index in [1.807, 2.05) is 4.90 Å². The Morgan fingerprint density at radius 1 is 1.64 bits per heavy atom. The highest BCUT2D eigenvalue weighted by molar-refractivity contribution is 5.32. The highest BCUT2D eigenvalue weighted by atomic mass is 16.4. The van der Waals surface area contributed by atoms with E-state index in [1.165, 1.54) is 0 Å². The molecule has 1 fully saturated rings. The maximum Gasteiger partial charge on any atom is 0.319 e. The highest BCUT2D eigenvalue weighted by Crippen LogP contribution is 2.28. The Hall–Kier alpha value is -1.30. The molecule has 6 heteroatoms. The molecule has 6 nitrogen and oxygen atoms in total. The number of rotatable bonds is 2. The van der Waals surface area contributed by atoms with Gasteiger partial charge in [-0.1, -0.05) is 17.1 Å². The van der Waals surface area contributed by atoms with Gasteiger partial charge in [-0.2, -0.15) is 0 Å². The molecule has 2 rings (SSSR count). The average molecular weight is 198 g/mol. The lowest BCUT2D eigenvalue weighted by Gasteiger charge is -2.22. The summed E-state index contributed by atoms with van der Waals surface area (Å²) in [6.07, 6.45) is 1.02. The van der Waals surface area contributed by atoms with Crippen molar-refractivity contribution in [1.29, 1.82) is 0 Å². The normalized spacial score (nSPS) is 27.1. The van der Waals surface area contributed by atoms with Gasteiger partial charge in [-0.05, 0) is 12.3 Å². The first kappa shape index (κ1) is 9.26. The fraction of sp³-hybridized carbons (Fsp3) is 0.750. The van der Waals surface area contributed by atoms with E-state index >= 15 is 0 Å². The molecule has 1 aliphatic heterocycles. The Kier molecular flexibility index (Phi) is 2.28. The quantitative estimate of drug-likeness (QED) is 0.687. The van der Waals surface area contributed by atoms with Crippen LogP contribution in [0.1, 0.15) is 13.3 Å². The second-order valence-electron chi connectivity index (χ2n) is 3.63. The van der Waals surface area contributed by atoms with Crippen molar-refractivity contribution in [2.24, 2.45) is 5.92 Å². The summed E-state index contributed by atoms with van der Waals surface area (Å²) >= 11 is 0. The third-order valence-electron chi connectivity index (χ3n) is 2.75. The van der Waals surface area contributed by atoms with Crippen molar-refractivity contribution in [2.75, 3.05) is 23.8 Å². The van der Waals surface area contributed by atoms with Crippen molar-refractivity contribution < 1.29 is 9.52 Å². The van der Waals surface area contributed by atoms with Crippen molar-refractivity contribution >= 4 is 12.0 Å². The van der Waals surface area contributed by atoms with Gasteiger partial charge in [0.15, 0.2) is 0 Å². The zero-order valence-electron chi connectivity index (χ0n) is 8.05. The van der Waals surface area contributed by atoms with Gasteiger partial charge < -0.3 is 20.2 Å². The van der Waals surface area contributed by atoms with E-state index in [4.69, 9.17) is 10.2 Å². The number of aliphatic hydroxyl groups excluding tert-OH is 1. The summed E-state index contributed by atoms with van der Waals surface area (Å²) in [5.74, 6) is 0.438. The molecule has 3 N–H and O–H groups in total. The van der Waals surface area contributed by atoms with Gasteiger partial charge in [-0.3, -0.25) is 0 Å². The van der Waals surface area contributed by atoms with Crippen molar-refractivity contribution in [1.82, 2.24) is 10.2 Å². The molecule has 1 aromatic rings. The van der Waals surface area contributed by atoms with Gasteiger partial charge in [-0.15, -0.1) is 0 Å². The lowest BCUT2D eigenvalue weighted by Crippen LogP contribution is -2.35. The number of hydrogen-bond donors (Lipinski definition) is 2. The summed E-state index contributed by atoms with van der Waals surface area (Å²) in [6, 6.07) is 0.539. The predicted octanol–water partition coefficient (Wildman–Crippen LogP) is -0.141. The van der Waals surface area contributed by atoms with Crippen LogP contribution in [0, 0.1) is 5.92 Å². The first-order chi connectivity index (χ1) is 6.72. The van der Waals surface area contributed by atoms with Gasteiger partial charge >= 0.3 is 12.0 Å². The summed E-state index contributed by atoms with van der Waals surface area (Å²) in [6.45, 7) is 3.03. The molecule has 0 amide bonds. The van der Waals surface area contributed by atoms with E-state index in [0.29, 0.717) is 11.9 Å². The molecule has 14 heavy (non-hydrogen) atoms. The first-order valence-corrected chi connectivity index (χ1v) is 4.69. The van der Waals surface area contributed by atoms with Crippen LogP contribution in [0.4, 0.5) is 12.0 Å². The molecule has 1 aliphatic rings. The fourth-order valence-electron chi connectivity index (χ4n) is 1.87. The maximum atomic E-state index is 9.21. The lowest BCUT2D eigenvalue weighted by molar-refractivity contribution is 0.241. The average Bonchev–Trinajstić information content (AvgIpc) is 2.71. The molecule has 0 saturated carbocycles. The number of aromatic nitrogens is 2. The second kappa shape index (κ2) is 3.45. The van der Waals surface area contributed by atoms with Gasteiger partial charge in [-0.25, -0.2) is 0 Å². The largest absolute Gasteiger partial charge is 0.394 e. The number of hydrogen-bond acceptors (Lipinski definition) is 6. The highest BCUT2D eigenvalue weighted by Gasteiger charge is 2.33. The third kappa shape index (κ3) is 1.41. The minimum atomic E-state index is 0.0647. The van der Waals surface area contributed by atoms with E-state index in [2.05, 4.69) is 17.1 Å². The standard InChI is InChI=1S/C8H14N4O2/c1-5-2-3-12(6(5)4-13)8-11-10-7(9)14-8/h5-6,13H,2-4H2,1H3,(H2,9,10). The minimum absolute atomic E-state index is 0.0647. The fourth-order valence-corrected chi connectivity index (χ4v) is 1.87. The van der Waals surface area contributed by atoms with Crippen molar-refractivity contribution in [3.8, 4) is 0 Å². The molecular weight excluding hydrogens is 184 g/mol. The van der Waals surface area contributed by atoms with E-state index in [1.54, 1.807) is 0 Å². The molecule has 0 aromatic carbocycles. The van der Waals surface area contributed by atoms with Crippen LogP contribution in [-0.2, 0) is 0 Å². The molecule has 2 atom stereocenters. The van der Waals surface area contributed by atoms with Crippen LogP contribution < -0.4 is 10.6 Å². The van der Waals surface area contributed by atoms with Crippen LogP contribution in [0.5, 0.6) is 0 Å². The number of nitrogens with two attached hydrogens (primary N) is 1. The van der Waals surface area contributed by atoms with Crippen LogP contribution >= 0.6 is 0 Å². The zero-order chi connectivity index (χ0) is 10.1. The van der Waals surface area contributed by atoms with Gasteiger partial charge in [0.05, 0.1) is 12.6 Å². The van der Waals surface area contributed by atoms with Gasteiger partial charge in [0, 0.05) is 6.54 Å². The van der Waals surface area contributed by atoms with E-state index in [0.717, 1.165) is 13.0 Å². The van der Waals surface area contributed by atoms with Crippen molar-refractivity contribution in [3.05, 3.63) is 0 Å². The summed E-state index contributed by atoms with van der Waals surface area (Å²) in [4.78, 5) is 1.91. The maximum absolute atomic E-state index is 9.21. The van der Waals surface area contributed by atoms with E-state index in [-0.39, 0.29) is 18.7 Å². The monoisotopic (exact) mass is 198 g/mol. The summed E-state index contributed by atoms with van der Waals surface area (Å²) in [5, 5.41) is 16.6. The topological polar surface area (TPSA) is 88.4 Å². The van der Waals surface area contributed by atoms with E-state index < -0.39 is 0 Å². The van der Waals surface area contributed by atoms with Crippen molar-refractivity contribution in [3.63, 3.8) is 0 Å². The Balaban J connectivity index is 2.18. The number of anilines is 2. The predicted molar refractivity (Wildman–Crippen MR) is 50.7 cm³/mol. The molecule has 0 bridgehead atoms. The Morgan fingerprint density at radius 3 is 3.00 bits per heavy atom. The SMILES string of the molecule is CC1CCN(c2nnc(N)o2)C1CO. The number of nitrogen functional groups attached to an aromatic ring is 1. The van der Waals surface area contributed by atoms with Gasteiger partial charge in [0.25, 0.3) is 0 Å². The summed E-state index contributed by atoms with van der Waals surface area (Å²) < 4.78 is 5.12. The van der Waals surface area contributed by atoms with Gasteiger partial charge in [0.1, 0.15) is 0 Å². The molecule has 1 saturated heterocycles. The van der Waals surface area contributed by atoms with E-state index in [9.17, 15) is 5.11 Å². The Bertz CT molecular complexity index is 314. The smallest absolute Gasteiger partial charge is 0.319 e.